The molecule has 0 saturated heterocycles. The summed E-state index contributed by atoms with van der Waals surface area (Å²) in [6, 6.07) is 8.91. The van der Waals surface area contributed by atoms with Crippen LogP contribution in [-0.4, -0.2) is 32.2 Å². The van der Waals surface area contributed by atoms with Crippen molar-refractivity contribution < 1.29 is 27.3 Å². The Morgan fingerprint density at radius 1 is 1.22 bits per heavy atom. The molecular weight excluding hydrogens is 444 g/mol. The van der Waals surface area contributed by atoms with Crippen molar-refractivity contribution in [2.24, 2.45) is 0 Å². The molecular formula is C20H17F2N5O4S. The van der Waals surface area contributed by atoms with Crippen LogP contribution in [0.5, 0.6) is 17.4 Å². The standard InChI is InChI=1S/C20H17F2N5O4S/c1-23-32(29)26-19-18(22)13(6-7-24-19)11-27-10-12-2-4-15(8-16(12)31-20(27)28)30-17-5-3-14(21)9-25-17/h2-9,23H,10-11H2,1H3,(H,24,26). The average Bonchev–Trinajstić information content (AvgIpc) is 2.78. The summed E-state index contributed by atoms with van der Waals surface area (Å²) in [4.78, 5) is 21.5. The molecule has 32 heavy (non-hydrogen) atoms. The van der Waals surface area contributed by atoms with Crippen molar-refractivity contribution in [2.75, 3.05) is 11.8 Å². The van der Waals surface area contributed by atoms with Crippen LogP contribution in [0.25, 0.3) is 0 Å². The van der Waals surface area contributed by atoms with Crippen LogP contribution in [0.15, 0.2) is 48.8 Å². The van der Waals surface area contributed by atoms with E-state index in [1.165, 1.54) is 42.4 Å². The first kappa shape index (κ1) is 21.6. The summed E-state index contributed by atoms with van der Waals surface area (Å²) in [7, 11) is 1.44. The second kappa shape index (κ2) is 9.24. The van der Waals surface area contributed by atoms with Crippen LogP contribution in [0.2, 0.25) is 0 Å². The van der Waals surface area contributed by atoms with Gasteiger partial charge in [-0.05, 0) is 31.3 Å². The molecule has 2 aromatic heterocycles. The summed E-state index contributed by atoms with van der Waals surface area (Å²) in [6.07, 6.45) is 1.71. The Labute approximate surface area is 184 Å². The van der Waals surface area contributed by atoms with E-state index >= 15 is 0 Å². The third-order valence-corrected chi connectivity index (χ3v) is 5.23. The lowest BCUT2D eigenvalue weighted by molar-refractivity contribution is 0.134. The molecule has 1 unspecified atom stereocenters. The fourth-order valence-corrected chi connectivity index (χ4v) is 3.36. The number of nitrogens with zero attached hydrogens (tertiary/aromatic N) is 3. The molecule has 1 aromatic carbocycles. The third-order valence-electron chi connectivity index (χ3n) is 4.48. The quantitative estimate of drug-likeness (QED) is 0.560. The maximum atomic E-state index is 14.7. The minimum atomic E-state index is -1.70. The summed E-state index contributed by atoms with van der Waals surface area (Å²) in [5.74, 6) is -0.555. The summed E-state index contributed by atoms with van der Waals surface area (Å²) in [6.45, 7) is 0.0987. The predicted molar refractivity (Wildman–Crippen MR) is 111 cm³/mol. The number of hydrogen-bond acceptors (Lipinski definition) is 6. The van der Waals surface area contributed by atoms with E-state index in [9.17, 15) is 17.8 Å². The Balaban J connectivity index is 1.48. The molecule has 0 radical (unpaired) electrons. The van der Waals surface area contributed by atoms with Crippen molar-refractivity contribution in [1.82, 2.24) is 19.6 Å². The highest BCUT2D eigenvalue weighted by Crippen LogP contribution is 2.32. The van der Waals surface area contributed by atoms with Gasteiger partial charge in [-0.25, -0.2) is 32.5 Å². The van der Waals surface area contributed by atoms with Crippen molar-refractivity contribution in [3.05, 3.63) is 71.6 Å². The number of ether oxygens (including phenoxy) is 2. The van der Waals surface area contributed by atoms with Crippen LogP contribution in [0.4, 0.5) is 19.4 Å². The average molecular weight is 461 g/mol. The van der Waals surface area contributed by atoms with E-state index in [0.29, 0.717) is 17.1 Å². The van der Waals surface area contributed by atoms with Gasteiger partial charge < -0.3 is 9.47 Å². The zero-order chi connectivity index (χ0) is 22.7. The van der Waals surface area contributed by atoms with Crippen LogP contribution in [0.1, 0.15) is 11.1 Å². The Hall–Kier alpha value is -3.64. The number of rotatable bonds is 7. The Morgan fingerprint density at radius 3 is 2.81 bits per heavy atom. The van der Waals surface area contributed by atoms with Crippen LogP contribution >= 0.6 is 0 Å². The fourth-order valence-electron chi connectivity index (χ4n) is 2.94. The van der Waals surface area contributed by atoms with Crippen LogP contribution in [0.3, 0.4) is 0 Å². The first-order valence-electron chi connectivity index (χ1n) is 9.31. The van der Waals surface area contributed by atoms with Gasteiger partial charge in [-0.2, -0.15) is 0 Å². The van der Waals surface area contributed by atoms with E-state index < -0.39 is 28.9 Å². The molecule has 166 valence electrons. The highest BCUT2D eigenvalue weighted by atomic mass is 32.2. The molecule has 0 spiro atoms. The Kier molecular flexibility index (Phi) is 6.23. The molecule has 0 aliphatic carbocycles. The topological polar surface area (TPSA) is 106 Å². The predicted octanol–water partition coefficient (Wildman–Crippen LogP) is 3.27. The van der Waals surface area contributed by atoms with E-state index in [0.717, 1.165) is 6.20 Å². The lowest BCUT2D eigenvalue weighted by Crippen LogP contribution is -2.36. The fraction of sp³-hybridized carbons (Fsp3) is 0.150. The molecule has 0 fully saturated rings. The van der Waals surface area contributed by atoms with Gasteiger partial charge >= 0.3 is 6.09 Å². The van der Waals surface area contributed by atoms with Gasteiger partial charge in [0.2, 0.25) is 5.88 Å². The summed E-state index contributed by atoms with van der Waals surface area (Å²) in [5.41, 5.74) is 0.867. The second-order valence-corrected chi connectivity index (χ2v) is 7.77. The first-order chi connectivity index (χ1) is 15.4. The largest absolute Gasteiger partial charge is 0.439 e. The number of pyridine rings is 2. The summed E-state index contributed by atoms with van der Waals surface area (Å²) >= 11 is -1.70. The Bertz CT molecular complexity index is 1180. The van der Waals surface area contributed by atoms with E-state index in [2.05, 4.69) is 19.4 Å². The van der Waals surface area contributed by atoms with E-state index in [1.54, 1.807) is 12.1 Å². The van der Waals surface area contributed by atoms with Crippen molar-refractivity contribution >= 4 is 23.1 Å². The molecule has 1 atom stereocenters. The van der Waals surface area contributed by atoms with Gasteiger partial charge in [0.05, 0.1) is 19.3 Å². The van der Waals surface area contributed by atoms with Crippen LogP contribution < -0.4 is 18.9 Å². The number of nitrogens with one attached hydrogen (secondary N) is 2. The number of carbonyl (C=O) groups is 1. The smallest absolute Gasteiger partial charge is 0.415 e. The van der Waals surface area contributed by atoms with Gasteiger partial charge in [-0.15, -0.1) is 0 Å². The highest BCUT2D eigenvalue weighted by Gasteiger charge is 2.27. The molecule has 0 bridgehead atoms. The van der Waals surface area contributed by atoms with Gasteiger partial charge in [0, 0.05) is 29.5 Å². The first-order valence-corrected chi connectivity index (χ1v) is 10.5. The summed E-state index contributed by atoms with van der Waals surface area (Å²) in [5, 5.41) is 0. The maximum Gasteiger partial charge on any atom is 0.415 e. The molecule has 1 aliphatic heterocycles. The highest BCUT2D eigenvalue weighted by molar-refractivity contribution is 7.84. The van der Waals surface area contributed by atoms with Gasteiger partial charge in [-0.1, -0.05) is 0 Å². The number of benzene rings is 1. The molecule has 4 rings (SSSR count). The molecule has 0 saturated carbocycles. The molecule has 3 aromatic rings. The van der Waals surface area contributed by atoms with Crippen LogP contribution in [-0.2, 0) is 24.3 Å². The Morgan fingerprint density at radius 2 is 2.06 bits per heavy atom. The number of aromatic nitrogens is 2. The molecule has 9 nitrogen and oxygen atoms in total. The second-order valence-electron chi connectivity index (χ2n) is 6.62. The zero-order valence-electron chi connectivity index (χ0n) is 16.7. The van der Waals surface area contributed by atoms with Crippen molar-refractivity contribution in [3.63, 3.8) is 0 Å². The monoisotopic (exact) mass is 461 g/mol. The van der Waals surface area contributed by atoms with E-state index in [4.69, 9.17) is 9.47 Å². The molecule has 1 amide bonds. The SMILES string of the molecule is CNS(=O)Nc1nccc(CN2Cc3ccc(Oc4ccc(F)cn4)cc3OC2=O)c1F. The lowest BCUT2D eigenvalue weighted by Gasteiger charge is -2.28. The lowest BCUT2D eigenvalue weighted by atomic mass is 10.1. The summed E-state index contributed by atoms with van der Waals surface area (Å²) < 4.78 is 55.0. The number of halogens is 2. The number of hydrogen-bond donors (Lipinski definition) is 2. The van der Waals surface area contributed by atoms with Gasteiger partial charge in [0.15, 0.2) is 22.8 Å². The zero-order valence-corrected chi connectivity index (χ0v) is 17.5. The van der Waals surface area contributed by atoms with E-state index in [1.807, 2.05) is 0 Å². The van der Waals surface area contributed by atoms with Crippen molar-refractivity contribution in [1.29, 1.82) is 0 Å². The number of fused-ring (bicyclic) bond motifs is 1. The van der Waals surface area contributed by atoms with Crippen molar-refractivity contribution in [3.8, 4) is 17.4 Å². The van der Waals surface area contributed by atoms with E-state index in [-0.39, 0.29) is 30.4 Å². The minimum Gasteiger partial charge on any atom is -0.439 e. The van der Waals surface area contributed by atoms with Gasteiger partial charge in [0.1, 0.15) is 17.3 Å². The third kappa shape index (κ3) is 4.81. The van der Waals surface area contributed by atoms with Crippen LogP contribution in [0, 0.1) is 11.6 Å². The molecule has 1 aliphatic rings. The molecule has 3 heterocycles. The normalized spacial score (nSPS) is 13.8. The number of carbonyl (C=O) groups excluding carboxylic acids is 1. The number of amides is 1. The molecule has 2 N–H and O–H groups in total. The van der Waals surface area contributed by atoms with Gasteiger partial charge in [-0.3, -0.25) is 9.62 Å². The molecule has 12 heteroatoms. The number of anilines is 1. The van der Waals surface area contributed by atoms with Gasteiger partial charge in [0.25, 0.3) is 0 Å². The van der Waals surface area contributed by atoms with Crippen molar-refractivity contribution in [2.45, 2.75) is 13.1 Å². The maximum absolute atomic E-state index is 14.7. The minimum absolute atomic E-state index is 0.0781.